The summed E-state index contributed by atoms with van der Waals surface area (Å²) in [6.07, 6.45) is -8.23. The molecule has 41 heavy (non-hydrogen) atoms. The van der Waals surface area contributed by atoms with E-state index in [1.807, 2.05) is 0 Å². The second-order valence-corrected chi connectivity index (χ2v) is 8.46. The van der Waals surface area contributed by atoms with Crippen molar-refractivity contribution in [3.63, 3.8) is 0 Å². The summed E-state index contributed by atoms with van der Waals surface area (Å²) in [4.78, 5) is 12.5. The molecule has 0 aromatic carbocycles. The highest BCUT2D eigenvalue weighted by atomic mass is 19.4. The van der Waals surface area contributed by atoms with E-state index < -0.39 is 55.2 Å². The Bertz CT molecular complexity index is 1260. The van der Waals surface area contributed by atoms with E-state index in [4.69, 9.17) is 4.74 Å². The van der Waals surface area contributed by atoms with Crippen LogP contribution >= 0.6 is 0 Å². The van der Waals surface area contributed by atoms with Crippen molar-refractivity contribution in [3.05, 3.63) is 60.9 Å². The van der Waals surface area contributed by atoms with Gasteiger partial charge in [0.05, 0.1) is 29.4 Å². The lowest BCUT2D eigenvalue weighted by Gasteiger charge is -2.39. The molecule has 0 amide bonds. The fourth-order valence-electron chi connectivity index (χ4n) is 3.32. The van der Waals surface area contributed by atoms with Crippen molar-refractivity contribution >= 4 is 0 Å². The van der Waals surface area contributed by atoms with E-state index >= 15 is 0 Å². The molecule has 0 saturated heterocycles. The lowest BCUT2D eigenvalue weighted by atomic mass is 9.92. The Hall–Kier alpha value is -3.66. The molecule has 0 radical (unpaired) electrons. The molecule has 0 spiro atoms. The average Bonchev–Trinajstić information content (AvgIpc) is 2.91. The van der Waals surface area contributed by atoms with Crippen LogP contribution in [0, 0.1) is 0 Å². The van der Waals surface area contributed by atoms with Gasteiger partial charge in [0.25, 0.3) is 0 Å². The van der Waals surface area contributed by atoms with E-state index in [9.17, 15) is 57.1 Å². The first kappa shape index (κ1) is 31.9. The lowest BCUT2D eigenvalue weighted by molar-refractivity contribution is -0.440. The smallest absolute Gasteiger partial charge is 0.460 e. The monoisotopic (exact) mass is 609 g/mol. The van der Waals surface area contributed by atoms with Gasteiger partial charge in [0.1, 0.15) is 5.75 Å². The van der Waals surface area contributed by atoms with Crippen molar-refractivity contribution in [2.45, 2.75) is 48.6 Å². The number of aromatic nitrogens is 3. The van der Waals surface area contributed by atoms with E-state index in [-0.39, 0.29) is 17.1 Å². The third-order valence-corrected chi connectivity index (χ3v) is 5.56. The normalized spacial score (nSPS) is 13.8. The van der Waals surface area contributed by atoms with Crippen molar-refractivity contribution in [1.29, 1.82) is 0 Å². The maximum Gasteiger partial charge on any atom is 0.460 e. The van der Waals surface area contributed by atoms with Crippen LogP contribution in [0.5, 0.6) is 5.75 Å². The van der Waals surface area contributed by atoms with Gasteiger partial charge in [-0.25, -0.2) is 4.98 Å². The minimum absolute atomic E-state index is 0.127. The molecule has 0 aliphatic rings. The second kappa shape index (κ2) is 11.0. The Balaban J connectivity index is 1.79. The molecule has 0 aliphatic heterocycles. The molecule has 17 heteroatoms. The van der Waals surface area contributed by atoms with Crippen LogP contribution in [0.15, 0.2) is 60.9 Å². The number of hydrogen-bond acceptors (Lipinski definition) is 4. The van der Waals surface area contributed by atoms with Crippen molar-refractivity contribution in [2.24, 2.45) is 0 Å². The van der Waals surface area contributed by atoms with Crippen LogP contribution in [0.25, 0.3) is 22.8 Å². The molecule has 4 nitrogen and oxygen atoms in total. The Morgan fingerprint density at radius 2 is 1.02 bits per heavy atom. The highest BCUT2D eigenvalue weighted by Crippen LogP contribution is 2.60. The van der Waals surface area contributed by atoms with Gasteiger partial charge >= 0.3 is 35.8 Å². The molecule has 0 N–H and O–H groups in total. The van der Waals surface area contributed by atoms with Gasteiger partial charge in [0.2, 0.25) is 0 Å². The number of ether oxygens (including phenoxy) is 1. The van der Waals surface area contributed by atoms with Gasteiger partial charge in [-0.1, -0.05) is 12.1 Å². The largest absolute Gasteiger partial charge is 0.493 e. The van der Waals surface area contributed by atoms with Crippen LogP contribution < -0.4 is 4.74 Å². The molecular formula is C24H16F13N3O. The zero-order valence-electron chi connectivity index (χ0n) is 20.1. The van der Waals surface area contributed by atoms with Crippen molar-refractivity contribution in [1.82, 2.24) is 15.0 Å². The van der Waals surface area contributed by atoms with Gasteiger partial charge in [-0.2, -0.15) is 57.1 Å². The zero-order chi connectivity index (χ0) is 30.9. The predicted octanol–water partition coefficient (Wildman–Crippen LogP) is 8.10. The molecule has 0 unspecified atom stereocenters. The van der Waals surface area contributed by atoms with E-state index in [0.717, 1.165) is 0 Å². The first-order valence-electron chi connectivity index (χ1n) is 11.2. The maximum absolute atomic E-state index is 14.0. The quantitative estimate of drug-likeness (QED) is 0.163. The van der Waals surface area contributed by atoms with Crippen molar-refractivity contribution < 1.29 is 61.8 Å². The molecule has 0 bridgehead atoms. The highest BCUT2D eigenvalue weighted by molar-refractivity contribution is 5.64. The van der Waals surface area contributed by atoms with Crippen LogP contribution in [0.3, 0.4) is 0 Å². The van der Waals surface area contributed by atoms with Crippen LogP contribution in [-0.4, -0.2) is 57.3 Å². The summed E-state index contributed by atoms with van der Waals surface area (Å²) in [5, 5.41) is 0. The molecule has 0 saturated carbocycles. The van der Waals surface area contributed by atoms with Crippen LogP contribution in [0.2, 0.25) is 0 Å². The molecule has 0 atom stereocenters. The highest BCUT2D eigenvalue weighted by Gasteiger charge is 2.90. The van der Waals surface area contributed by atoms with E-state index in [2.05, 4.69) is 15.0 Å². The molecule has 3 heterocycles. The molecule has 0 aliphatic carbocycles. The Labute approximate surface area is 222 Å². The third-order valence-electron chi connectivity index (χ3n) is 5.56. The summed E-state index contributed by atoms with van der Waals surface area (Å²) >= 11 is 0. The number of pyridine rings is 3. The zero-order valence-corrected chi connectivity index (χ0v) is 20.1. The summed E-state index contributed by atoms with van der Waals surface area (Å²) in [5.74, 6) is -37.1. The van der Waals surface area contributed by atoms with E-state index in [1.165, 1.54) is 36.7 Å². The summed E-state index contributed by atoms with van der Waals surface area (Å²) in [6.45, 7) is -0.931. The van der Waals surface area contributed by atoms with Crippen LogP contribution in [0.4, 0.5) is 57.1 Å². The molecular weight excluding hydrogens is 593 g/mol. The van der Waals surface area contributed by atoms with Gasteiger partial charge in [0, 0.05) is 30.9 Å². The maximum atomic E-state index is 14.0. The minimum Gasteiger partial charge on any atom is -0.493 e. The van der Waals surface area contributed by atoms with Crippen molar-refractivity contribution in [3.8, 4) is 28.5 Å². The fourth-order valence-corrected chi connectivity index (χ4v) is 3.32. The Morgan fingerprint density at radius 1 is 0.561 bits per heavy atom. The fraction of sp³-hybridized carbons (Fsp3) is 0.375. The standard InChI is InChI=1S/C24H16F13N3O/c25-19(26,20(27,28)21(29,30)22(31,32)23(33,34)24(35,36)37)8-5-11-41-14-12-17(15-6-1-3-9-38-15)40-18(13-14)16-7-2-4-10-39-16/h1-4,6-7,9-10,12-13H,5,8,11H2. The lowest BCUT2D eigenvalue weighted by Crippen LogP contribution is -2.70. The number of halogens is 13. The first-order chi connectivity index (χ1) is 18.8. The number of hydrogen-bond donors (Lipinski definition) is 0. The third kappa shape index (κ3) is 5.88. The van der Waals surface area contributed by atoms with Gasteiger partial charge < -0.3 is 4.74 Å². The summed E-state index contributed by atoms with van der Waals surface area (Å²) in [5.41, 5.74) is 0.960. The second-order valence-electron chi connectivity index (χ2n) is 8.46. The molecule has 224 valence electrons. The predicted molar refractivity (Wildman–Crippen MR) is 116 cm³/mol. The molecule has 3 aromatic heterocycles. The molecule has 3 aromatic rings. The molecule has 3 rings (SSSR count). The Kier molecular flexibility index (Phi) is 8.52. The number of nitrogens with zero attached hydrogens (tertiary/aromatic N) is 3. The topological polar surface area (TPSA) is 47.9 Å². The summed E-state index contributed by atoms with van der Waals surface area (Å²) in [6, 6.07) is 11.9. The van der Waals surface area contributed by atoms with Gasteiger partial charge in [0.15, 0.2) is 0 Å². The molecule has 0 fully saturated rings. The van der Waals surface area contributed by atoms with Crippen LogP contribution in [-0.2, 0) is 0 Å². The van der Waals surface area contributed by atoms with Crippen LogP contribution in [0.1, 0.15) is 12.8 Å². The summed E-state index contributed by atoms with van der Waals surface area (Å²) in [7, 11) is 0. The summed E-state index contributed by atoms with van der Waals surface area (Å²) < 4.78 is 178. The van der Waals surface area contributed by atoms with E-state index in [1.54, 1.807) is 24.3 Å². The number of rotatable bonds is 11. The first-order valence-corrected chi connectivity index (χ1v) is 11.2. The minimum atomic E-state index is -7.93. The average molecular weight is 609 g/mol. The number of alkyl halides is 13. The SMILES string of the molecule is FC(F)(F)C(F)(F)C(F)(F)C(F)(F)C(F)(F)C(F)(F)CCCOc1cc(-c2ccccn2)nc(-c2ccccn2)c1. The van der Waals surface area contributed by atoms with Gasteiger partial charge in [-0.3, -0.25) is 9.97 Å². The Morgan fingerprint density at radius 3 is 1.44 bits per heavy atom. The van der Waals surface area contributed by atoms with Gasteiger partial charge in [-0.05, 0) is 30.7 Å². The van der Waals surface area contributed by atoms with E-state index in [0.29, 0.717) is 11.4 Å². The van der Waals surface area contributed by atoms with Gasteiger partial charge in [-0.15, -0.1) is 0 Å². The van der Waals surface area contributed by atoms with Crippen molar-refractivity contribution in [2.75, 3.05) is 6.61 Å².